The van der Waals surface area contributed by atoms with Gasteiger partial charge in [0.15, 0.2) is 0 Å². The largest absolute Gasteiger partial charge is 0.394 e. The summed E-state index contributed by atoms with van der Waals surface area (Å²) >= 11 is 0. The first kappa shape index (κ1) is 12.8. The van der Waals surface area contributed by atoms with Crippen LogP contribution in [-0.2, 0) is 11.3 Å². The number of hydrogen-bond donors (Lipinski definition) is 1. The number of ether oxygens (including phenoxy) is 1. The van der Waals surface area contributed by atoms with Crippen LogP contribution in [-0.4, -0.2) is 17.8 Å². The summed E-state index contributed by atoms with van der Waals surface area (Å²) in [5, 5.41) is 0. The van der Waals surface area contributed by atoms with E-state index in [1.165, 1.54) is 0 Å². The number of nitrogen functional groups attached to an aromatic ring is 1. The fourth-order valence-corrected chi connectivity index (χ4v) is 1.32. The van der Waals surface area contributed by atoms with Crippen molar-refractivity contribution in [2.75, 3.05) is 18.9 Å². The molecule has 0 aliphatic rings. The molecule has 0 fully saturated rings. The van der Waals surface area contributed by atoms with Gasteiger partial charge >= 0.3 is 0 Å². The second kappa shape index (κ2) is 6.33. The third-order valence-corrected chi connectivity index (χ3v) is 2.37. The van der Waals surface area contributed by atoms with Crippen molar-refractivity contribution < 1.29 is 4.74 Å². The smallest absolute Gasteiger partial charge is 0.273 e. The number of hydrogen-bond acceptors (Lipinski definition) is 3. The fraction of sp³-hybridized carbons (Fsp3) is 0.583. The maximum absolute atomic E-state index is 11.5. The molecule has 0 amide bonds. The van der Waals surface area contributed by atoms with Crippen LogP contribution in [0, 0.1) is 5.92 Å². The molecule has 2 N–H and O–H groups in total. The Labute approximate surface area is 96.0 Å². The fourth-order valence-electron chi connectivity index (χ4n) is 1.32. The molecule has 4 heteroatoms. The molecular formula is C12H20N2O2. The highest BCUT2D eigenvalue weighted by molar-refractivity contribution is 5.33. The Bertz CT molecular complexity index is 372. The van der Waals surface area contributed by atoms with E-state index in [0.29, 0.717) is 19.1 Å². The molecular weight excluding hydrogens is 204 g/mol. The van der Waals surface area contributed by atoms with Crippen molar-refractivity contribution >= 4 is 5.69 Å². The molecule has 0 bridgehead atoms. The monoisotopic (exact) mass is 224 g/mol. The second-order valence-corrected chi connectivity index (χ2v) is 4.26. The van der Waals surface area contributed by atoms with Crippen molar-refractivity contribution in [3.05, 3.63) is 28.7 Å². The van der Waals surface area contributed by atoms with Gasteiger partial charge in [-0.1, -0.05) is 13.8 Å². The van der Waals surface area contributed by atoms with Gasteiger partial charge in [0, 0.05) is 19.3 Å². The van der Waals surface area contributed by atoms with Crippen LogP contribution in [0.4, 0.5) is 5.69 Å². The summed E-state index contributed by atoms with van der Waals surface area (Å²) in [6.07, 6.45) is 2.77. The molecule has 1 aromatic rings. The second-order valence-electron chi connectivity index (χ2n) is 4.26. The summed E-state index contributed by atoms with van der Waals surface area (Å²) in [7, 11) is 0. The molecule has 1 rings (SSSR count). The highest BCUT2D eigenvalue weighted by atomic mass is 16.5. The molecule has 0 aliphatic carbocycles. The zero-order valence-corrected chi connectivity index (χ0v) is 9.98. The van der Waals surface area contributed by atoms with Crippen molar-refractivity contribution in [1.82, 2.24) is 4.57 Å². The van der Waals surface area contributed by atoms with E-state index in [4.69, 9.17) is 10.5 Å². The van der Waals surface area contributed by atoms with Crippen molar-refractivity contribution in [2.24, 2.45) is 5.92 Å². The lowest BCUT2D eigenvalue weighted by Gasteiger charge is -2.08. The number of rotatable bonds is 6. The van der Waals surface area contributed by atoms with E-state index in [9.17, 15) is 4.79 Å². The first-order valence-electron chi connectivity index (χ1n) is 5.64. The van der Waals surface area contributed by atoms with E-state index in [0.717, 1.165) is 13.0 Å². The van der Waals surface area contributed by atoms with Gasteiger partial charge in [-0.2, -0.15) is 0 Å². The van der Waals surface area contributed by atoms with E-state index in [2.05, 4.69) is 13.8 Å². The number of nitrogens with zero attached hydrogens (tertiary/aromatic N) is 1. The third kappa shape index (κ3) is 4.06. The quantitative estimate of drug-likeness (QED) is 0.745. The van der Waals surface area contributed by atoms with Crippen LogP contribution in [0.15, 0.2) is 23.1 Å². The standard InChI is InChI=1S/C12H20N2O2/c1-10(2)5-8-16-9-7-14-6-3-4-11(13)12(14)15/h3-4,6,10H,5,7-9,13H2,1-2H3. The molecule has 16 heavy (non-hydrogen) atoms. The molecule has 0 radical (unpaired) electrons. The Hall–Kier alpha value is -1.29. The maximum atomic E-state index is 11.5. The van der Waals surface area contributed by atoms with Crippen molar-refractivity contribution in [3.63, 3.8) is 0 Å². The average molecular weight is 224 g/mol. The van der Waals surface area contributed by atoms with E-state index in [1.54, 1.807) is 22.9 Å². The highest BCUT2D eigenvalue weighted by Gasteiger charge is 1.99. The summed E-state index contributed by atoms with van der Waals surface area (Å²) in [5.74, 6) is 0.648. The minimum absolute atomic E-state index is 0.144. The van der Waals surface area contributed by atoms with Gasteiger partial charge in [0.25, 0.3) is 5.56 Å². The molecule has 1 heterocycles. The minimum atomic E-state index is -0.144. The van der Waals surface area contributed by atoms with Crippen LogP contribution in [0.25, 0.3) is 0 Å². The molecule has 1 aromatic heterocycles. The van der Waals surface area contributed by atoms with Crippen LogP contribution in [0.5, 0.6) is 0 Å². The Balaban J connectivity index is 2.32. The molecule has 0 aromatic carbocycles. The van der Waals surface area contributed by atoms with E-state index < -0.39 is 0 Å². The van der Waals surface area contributed by atoms with Gasteiger partial charge in [-0.25, -0.2) is 0 Å². The van der Waals surface area contributed by atoms with Crippen molar-refractivity contribution in [1.29, 1.82) is 0 Å². The first-order chi connectivity index (χ1) is 7.61. The Morgan fingerprint density at radius 2 is 2.19 bits per heavy atom. The third-order valence-electron chi connectivity index (χ3n) is 2.37. The predicted molar refractivity (Wildman–Crippen MR) is 65.4 cm³/mol. The lowest BCUT2D eigenvalue weighted by molar-refractivity contribution is 0.115. The zero-order valence-electron chi connectivity index (χ0n) is 9.98. The van der Waals surface area contributed by atoms with Gasteiger partial charge < -0.3 is 15.0 Å². The maximum Gasteiger partial charge on any atom is 0.273 e. The molecule has 0 atom stereocenters. The summed E-state index contributed by atoms with van der Waals surface area (Å²) in [6.45, 7) is 6.17. The number of pyridine rings is 1. The van der Waals surface area contributed by atoms with Gasteiger partial charge in [0.05, 0.1) is 12.3 Å². The van der Waals surface area contributed by atoms with Crippen LogP contribution >= 0.6 is 0 Å². The lowest BCUT2D eigenvalue weighted by Crippen LogP contribution is -2.24. The van der Waals surface area contributed by atoms with Crippen molar-refractivity contribution in [2.45, 2.75) is 26.8 Å². The van der Waals surface area contributed by atoms with E-state index in [-0.39, 0.29) is 11.2 Å². The Morgan fingerprint density at radius 3 is 2.88 bits per heavy atom. The highest BCUT2D eigenvalue weighted by Crippen LogP contribution is 1.99. The van der Waals surface area contributed by atoms with Crippen LogP contribution in [0.1, 0.15) is 20.3 Å². The molecule has 4 nitrogen and oxygen atoms in total. The van der Waals surface area contributed by atoms with Gasteiger partial charge in [-0.15, -0.1) is 0 Å². The summed E-state index contributed by atoms with van der Waals surface area (Å²) in [6, 6.07) is 3.38. The predicted octanol–water partition coefficient (Wildman–Crippen LogP) is 1.49. The first-order valence-corrected chi connectivity index (χ1v) is 5.64. The van der Waals surface area contributed by atoms with E-state index in [1.807, 2.05) is 0 Å². The molecule has 0 saturated heterocycles. The number of nitrogens with two attached hydrogens (primary N) is 1. The average Bonchev–Trinajstić information content (AvgIpc) is 2.23. The minimum Gasteiger partial charge on any atom is -0.394 e. The van der Waals surface area contributed by atoms with Gasteiger partial charge in [-0.3, -0.25) is 4.79 Å². The Morgan fingerprint density at radius 1 is 1.44 bits per heavy atom. The number of aromatic nitrogens is 1. The van der Waals surface area contributed by atoms with Crippen LogP contribution in [0.2, 0.25) is 0 Å². The van der Waals surface area contributed by atoms with Crippen LogP contribution in [0.3, 0.4) is 0 Å². The summed E-state index contributed by atoms with van der Waals surface area (Å²) < 4.78 is 7.02. The molecule has 0 unspecified atom stereocenters. The molecule has 0 saturated carbocycles. The van der Waals surface area contributed by atoms with E-state index >= 15 is 0 Å². The topological polar surface area (TPSA) is 57.2 Å². The lowest BCUT2D eigenvalue weighted by atomic mass is 10.1. The summed E-state index contributed by atoms with van der Waals surface area (Å²) in [4.78, 5) is 11.5. The summed E-state index contributed by atoms with van der Waals surface area (Å²) in [5.41, 5.74) is 5.66. The number of anilines is 1. The normalized spacial score (nSPS) is 10.9. The SMILES string of the molecule is CC(C)CCOCCn1cccc(N)c1=O. The van der Waals surface area contributed by atoms with Crippen LogP contribution < -0.4 is 11.3 Å². The van der Waals surface area contributed by atoms with Crippen molar-refractivity contribution in [3.8, 4) is 0 Å². The molecule has 0 spiro atoms. The van der Waals surface area contributed by atoms with Gasteiger partial charge in [0.2, 0.25) is 0 Å². The van der Waals surface area contributed by atoms with Gasteiger partial charge in [-0.05, 0) is 24.5 Å². The molecule has 90 valence electrons. The molecule has 0 aliphatic heterocycles. The Kier molecular flexibility index (Phi) is 5.05. The zero-order chi connectivity index (χ0) is 12.0. The van der Waals surface area contributed by atoms with Gasteiger partial charge in [0.1, 0.15) is 0 Å².